The number of halogens is 1. The summed E-state index contributed by atoms with van der Waals surface area (Å²) in [6.07, 6.45) is 4.82. The number of nitrogens with one attached hydrogen (secondary N) is 1. The molecule has 3 unspecified atom stereocenters. The van der Waals surface area contributed by atoms with Crippen molar-refractivity contribution in [3.05, 3.63) is 70.6 Å². The van der Waals surface area contributed by atoms with Crippen molar-refractivity contribution in [2.45, 2.75) is 69.3 Å². The molecule has 2 fully saturated rings. The van der Waals surface area contributed by atoms with Gasteiger partial charge in [-0.2, -0.15) is 0 Å². The highest BCUT2D eigenvalue weighted by Crippen LogP contribution is 2.52. The molecule has 236 valence electrons. The number of nitrogens with zero attached hydrogens (tertiary/aromatic N) is 1. The number of fused-ring (bicyclic) bond motifs is 5. The van der Waals surface area contributed by atoms with E-state index in [-0.39, 0.29) is 43.9 Å². The molecule has 7 atom stereocenters. The second kappa shape index (κ2) is 12.9. The van der Waals surface area contributed by atoms with Gasteiger partial charge in [-0.3, -0.25) is 9.59 Å². The molecule has 2 saturated carbocycles. The lowest BCUT2D eigenvalue weighted by atomic mass is 9.77. The first kappa shape index (κ1) is 30.6. The zero-order valence-corrected chi connectivity index (χ0v) is 25.0. The summed E-state index contributed by atoms with van der Waals surface area (Å²) < 4.78 is 25.9. The van der Waals surface area contributed by atoms with Gasteiger partial charge in [0.1, 0.15) is 18.0 Å². The van der Waals surface area contributed by atoms with Crippen molar-refractivity contribution in [2.75, 3.05) is 26.8 Å². The molecule has 1 heterocycles. The molecule has 10 heteroatoms. The minimum atomic E-state index is -1.19. The van der Waals surface area contributed by atoms with Gasteiger partial charge in [-0.25, -0.2) is 4.39 Å². The highest BCUT2D eigenvalue weighted by molar-refractivity contribution is 5.96. The molecule has 2 amide bonds. The van der Waals surface area contributed by atoms with E-state index < -0.39 is 30.1 Å². The molecule has 3 aliphatic carbocycles. The molecule has 1 aliphatic heterocycles. The molecule has 2 aromatic rings. The van der Waals surface area contributed by atoms with E-state index in [0.717, 1.165) is 24.8 Å². The van der Waals surface area contributed by atoms with Crippen LogP contribution in [0, 0.1) is 23.6 Å². The summed E-state index contributed by atoms with van der Waals surface area (Å²) in [4.78, 5) is 29.4. The van der Waals surface area contributed by atoms with Crippen LogP contribution in [0.3, 0.4) is 0 Å². The molecule has 6 rings (SSSR count). The Hall–Kier alpha value is -3.47. The first-order valence-corrected chi connectivity index (χ1v) is 15.6. The topological polar surface area (TPSA) is 129 Å². The van der Waals surface area contributed by atoms with Gasteiger partial charge < -0.3 is 35.0 Å². The number of aliphatic hydroxyl groups is 3. The van der Waals surface area contributed by atoms with Crippen LogP contribution in [-0.4, -0.2) is 77.1 Å². The van der Waals surface area contributed by atoms with Crippen LogP contribution in [0.5, 0.6) is 11.5 Å². The Kier molecular flexibility index (Phi) is 8.94. The van der Waals surface area contributed by atoms with E-state index in [0.29, 0.717) is 52.9 Å². The van der Waals surface area contributed by atoms with Gasteiger partial charge in [0.2, 0.25) is 11.8 Å². The van der Waals surface area contributed by atoms with E-state index in [4.69, 9.17) is 9.47 Å². The molecule has 0 aromatic heterocycles. The number of hydrogen-bond acceptors (Lipinski definition) is 7. The van der Waals surface area contributed by atoms with Crippen LogP contribution >= 0.6 is 0 Å². The van der Waals surface area contributed by atoms with Crippen molar-refractivity contribution >= 4 is 11.8 Å². The van der Waals surface area contributed by atoms with Crippen LogP contribution in [-0.2, 0) is 22.6 Å². The van der Waals surface area contributed by atoms with Gasteiger partial charge in [0.15, 0.2) is 11.5 Å². The van der Waals surface area contributed by atoms with Gasteiger partial charge in [-0.15, -0.1) is 0 Å². The monoisotopic (exact) mass is 608 g/mol. The Morgan fingerprint density at radius 1 is 1.14 bits per heavy atom. The molecule has 0 spiro atoms. The van der Waals surface area contributed by atoms with E-state index in [2.05, 4.69) is 5.32 Å². The lowest BCUT2D eigenvalue weighted by Gasteiger charge is -2.41. The molecule has 0 saturated heterocycles. The summed E-state index contributed by atoms with van der Waals surface area (Å²) in [6, 6.07) is 8.76. The predicted molar refractivity (Wildman–Crippen MR) is 159 cm³/mol. The van der Waals surface area contributed by atoms with Crippen LogP contribution in [0.25, 0.3) is 0 Å². The van der Waals surface area contributed by atoms with E-state index in [1.165, 1.54) is 25.7 Å². The molecule has 2 aromatic carbocycles. The van der Waals surface area contributed by atoms with Crippen molar-refractivity contribution < 1.29 is 38.8 Å². The largest absolute Gasteiger partial charge is 0.493 e. The second-order valence-electron chi connectivity index (χ2n) is 12.6. The van der Waals surface area contributed by atoms with Crippen molar-refractivity contribution in [2.24, 2.45) is 17.8 Å². The molecular formula is C34H41FN2O7. The van der Waals surface area contributed by atoms with Gasteiger partial charge in [-0.1, -0.05) is 18.6 Å². The standard InChI is InChI=1S/C34H41FN2O7/c1-43-28-15-21(18-39)14-25-30-26(34(42)36-8-10-38)17-27(31(41)33(30)44-32(25)28)37(9-7-19-3-2-4-24(35)13-19)29(40)16-23-12-20-5-6-22(23)11-20/h2-4,13-15,17,20,22-23,27,30-31,33,38-39,41H,5-12,16,18H2,1H3,(H,36,42)/t20?,22?,23?,27-,30+,31+,33+/m1/s1. The fourth-order valence-electron chi connectivity index (χ4n) is 7.97. The average Bonchev–Trinajstić information content (AvgIpc) is 3.75. The van der Waals surface area contributed by atoms with Gasteiger partial charge in [0.25, 0.3) is 0 Å². The number of ether oxygens (including phenoxy) is 2. The number of amides is 2. The van der Waals surface area contributed by atoms with Gasteiger partial charge in [0, 0.05) is 30.6 Å². The summed E-state index contributed by atoms with van der Waals surface area (Å²) in [6.45, 7) is -0.264. The van der Waals surface area contributed by atoms with Crippen molar-refractivity contribution in [1.82, 2.24) is 10.2 Å². The number of rotatable bonds is 11. The fraction of sp³-hybridized carbons (Fsp3) is 0.529. The average molecular weight is 609 g/mol. The summed E-state index contributed by atoms with van der Waals surface area (Å²) in [5, 5.41) is 33.9. The quantitative estimate of drug-likeness (QED) is 0.309. The zero-order chi connectivity index (χ0) is 31.0. The molecular weight excluding hydrogens is 567 g/mol. The van der Waals surface area contributed by atoms with Crippen molar-refractivity contribution in [3.8, 4) is 11.5 Å². The highest BCUT2D eigenvalue weighted by Gasteiger charge is 2.52. The SMILES string of the molecule is COc1cc(CO)cc2c1O[C@@H]1[C@@H](O)[C@H](N(CCc3cccc(F)c3)C(=O)CC3CC4CCC3C4)C=C(C(=O)NCCO)[C@H]21. The lowest BCUT2D eigenvalue weighted by Crippen LogP contribution is -2.56. The van der Waals surface area contributed by atoms with Crippen LogP contribution in [0.4, 0.5) is 4.39 Å². The van der Waals surface area contributed by atoms with Crippen LogP contribution < -0.4 is 14.8 Å². The van der Waals surface area contributed by atoms with Gasteiger partial charge in [0.05, 0.1) is 32.3 Å². The van der Waals surface area contributed by atoms with E-state index in [1.807, 2.05) is 0 Å². The van der Waals surface area contributed by atoms with Crippen molar-refractivity contribution in [3.63, 3.8) is 0 Å². The van der Waals surface area contributed by atoms with Gasteiger partial charge in [-0.05, 0) is 84.9 Å². The molecule has 0 radical (unpaired) electrons. The molecule has 2 bridgehead atoms. The Morgan fingerprint density at radius 3 is 2.66 bits per heavy atom. The maximum atomic E-state index is 14.1. The zero-order valence-electron chi connectivity index (χ0n) is 25.0. The number of carbonyl (C=O) groups excluding carboxylic acids is 2. The minimum absolute atomic E-state index is 0.0287. The maximum absolute atomic E-state index is 14.1. The Balaban J connectivity index is 1.37. The highest BCUT2D eigenvalue weighted by atomic mass is 19.1. The summed E-state index contributed by atoms with van der Waals surface area (Å²) >= 11 is 0. The maximum Gasteiger partial charge on any atom is 0.247 e. The summed E-state index contributed by atoms with van der Waals surface area (Å²) in [7, 11) is 1.48. The third kappa shape index (κ3) is 5.82. The third-order valence-electron chi connectivity index (χ3n) is 10.0. The number of hydrogen-bond donors (Lipinski definition) is 4. The van der Waals surface area contributed by atoms with Crippen LogP contribution in [0.2, 0.25) is 0 Å². The molecule has 9 nitrogen and oxygen atoms in total. The molecule has 44 heavy (non-hydrogen) atoms. The predicted octanol–water partition coefficient (Wildman–Crippen LogP) is 2.85. The van der Waals surface area contributed by atoms with Crippen LogP contribution in [0.1, 0.15) is 54.7 Å². The number of aliphatic hydroxyl groups excluding tert-OH is 3. The Bertz CT molecular complexity index is 1430. The summed E-state index contributed by atoms with van der Waals surface area (Å²) in [5.41, 5.74) is 2.19. The second-order valence-corrected chi connectivity index (χ2v) is 12.6. The van der Waals surface area contributed by atoms with E-state index >= 15 is 0 Å². The number of carbonyl (C=O) groups is 2. The van der Waals surface area contributed by atoms with Crippen molar-refractivity contribution in [1.29, 1.82) is 0 Å². The molecule has 4 N–H and O–H groups in total. The Morgan fingerprint density at radius 2 is 1.98 bits per heavy atom. The van der Waals surface area contributed by atoms with Gasteiger partial charge >= 0.3 is 0 Å². The summed E-state index contributed by atoms with van der Waals surface area (Å²) in [5.74, 6) is 0.632. The normalized spacial score (nSPS) is 28.1. The lowest BCUT2D eigenvalue weighted by molar-refractivity contribution is -0.138. The number of methoxy groups -OCH3 is 1. The minimum Gasteiger partial charge on any atom is -0.493 e. The van der Waals surface area contributed by atoms with Crippen LogP contribution in [0.15, 0.2) is 48.0 Å². The fourth-order valence-corrected chi connectivity index (χ4v) is 7.97. The Labute approximate surface area is 256 Å². The van der Waals surface area contributed by atoms with E-state index in [1.54, 1.807) is 35.2 Å². The first-order valence-electron chi connectivity index (χ1n) is 15.6. The van der Waals surface area contributed by atoms with E-state index in [9.17, 15) is 29.3 Å². The number of benzene rings is 2. The first-order chi connectivity index (χ1) is 21.3. The molecule has 4 aliphatic rings. The third-order valence-corrected chi connectivity index (χ3v) is 10.0. The smallest absolute Gasteiger partial charge is 0.247 e.